The molecule has 0 aliphatic heterocycles. The van der Waals surface area contributed by atoms with Crippen molar-refractivity contribution in [2.75, 3.05) is 18.1 Å². The lowest BCUT2D eigenvalue weighted by molar-refractivity contribution is -0.139. The van der Waals surface area contributed by atoms with E-state index >= 15 is 0 Å². The number of ether oxygens (including phenoxy) is 1. The Morgan fingerprint density at radius 1 is 1.42 bits per heavy atom. The molecule has 0 saturated heterocycles. The monoisotopic (exact) mass is 286 g/mol. The zero-order chi connectivity index (χ0) is 14.6. The Labute approximate surface area is 112 Å². The minimum Gasteiger partial charge on any atom is -0.465 e. The zero-order valence-corrected chi connectivity index (χ0v) is 12.1. The third-order valence-electron chi connectivity index (χ3n) is 2.68. The number of esters is 1. The molecule has 0 radical (unpaired) electrons. The first-order chi connectivity index (χ1) is 8.76. The highest BCUT2D eigenvalue weighted by Crippen LogP contribution is 2.19. The van der Waals surface area contributed by atoms with Crippen LogP contribution in [0.4, 0.5) is 5.69 Å². The van der Waals surface area contributed by atoms with Gasteiger partial charge in [0, 0.05) is 11.9 Å². The first-order valence-electron chi connectivity index (χ1n) is 5.83. The summed E-state index contributed by atoms with van der Waals surface area (Å²) in [5, 5.41) is 0. The number of nitrogens with two attached hydrogens (primary N) is 1. The van der Waals surface area contributed by atoms with Gasteiger partial charge < -0.3 is 10.5 Å². The third kappa shape index (κ3) is 4.20. The number of hydrogen-bond donors (Lipinski definition) is 1. The Bertz CT molecular complexity index is 582. The number of pyridine rings is 1. The lowest BCUT2D eigenvalue weighted by Crippen LogP contribution is -2.21. The van der Waals surface area contributed by atoms with Crippen LogP contribution in [-0.2, 0) is 25.1 Å². The number of nitrogen functional groups attached to an aromatic ring is 1. The summed E-state index contributed by atoms with van der Waals surface area (Å²) < 4.78 is 28.3. The molecule has 0 fully saturated rings. The molecular formula is C12H18N2O4S. The quantitative estimate of drug-likeness (QED) is 0.802. The van der Waals surface area contributed by atoms with Gasteiger partial charge in [0.2, 0.25) is 0 Å². The van der Waals surface area contributed by atoms with Gasteiger partial charge in [-0.15, -0.1) is 0 Å². The molecule has 0 bridgehead atoms. The molecule has 2 N–H and O–H groups in total. The van der Waals surface area contributed by atoms with Gasteiger partial charge in [0.15, 0.2) is 9.84 Å². The number of carbonyl (C=O) groups excluding carboxylic acids is 1. The van der Waals surface area contributed by atoms with Crippen molar-refractivity contribution in [2.24, 2.45) is 0 Å². The van der Waals surface area contributed by atoms with Crippen molar-refractivity contribution in [3.8, 4) is 0 Å². The molecule has 0 atom stereocenters. The van der Waals surface area contributed by atoms with Gasteiger partial charge in [-0.1, -0.05) is 0 Å². The summed E-state index contributed by atoms with van der Waals surface area (Å²) in [4.78, 5) is 15.3. The minimum atomic E-state index is -3.60. The van der Waals surface area contributed by atoms with Crippen molar-refractivity contribution in [1.29, 1.82) is 0 Å². The second-order valence-corrected chi connectivity index (χ2v) is 6.33. The summed E-state index contributed by atoms with van der Waals surface area (Å²) >= 11 is 0. The molecule has 7 heteroatoms. The number of sulfone groups is 1. The minimum absolute atomic E-state index is 0.156. The lowest BCUT2D eigenvalue weighted by atomic mass is 10.1. The molecule has 19 heavy (non-hydrogen) atoms. The summed E-state index contributed by atoms with van der Waals surface area (Å²) in [7, 11) is -3.60. The van der Waals surface area contributed by atoms with E-state index in [1.807, 2.05) is 0 Å². The van der Waals surface area contributed by atoms with Crippen molar-refractivity contribution >= 4 is 21.5 Å². The fraction of sp³-hybridized carbons (Fsp3) is 0.500. The second kappa shape index (κ2) is 6.01. The summed E-state index contributed by atoms with van der Waals surface area (Å²) in [5.41, 5.74) is 8.14. The molecule has 106 valence electrons. The lowest BCUT2D eigenvalue weighted by Gasteiger charge is -2.10. The van der Waals surface area contributed by atoms with Gasteiger partial charge in [0.05, 0.1) is 18.1 Å². The molecule has 0 saturated carbocycles. The Kier molecular flexibility index (Phi) is 4.88. The van der Waals surface area contributed by atoms with Gasteiger partial charge in [-0.2, -0.15) is 0 Å². The summed E-state index contributed by atoms with van der Waals surface area (Å²) in [6.07, 6.45) is 1.53. The smallest absolute Gasteiger partial charge is 0.321 e. The first kappa shape index (κ1) is 15.4. The fourth-order valence-electron chi connectivity index (χ4n) is 1.58. The molecule has 1 aromatic rings. The maximum atomic E-state index is 11.9. The Morgan fingerprint density at radius 3 is 2.63 bits per heavy atom. The van der Waals surface area contributed by atoms with Crippen LogP contribution >= 0.6 is 0 Å². The van der Waals surface area contributed by atoms with Crippen molar-refractivity contribution in [3.63, 3.8) is 0 Å². The number of anilines is 1. The van der Waals surface area contributed by atoms with Crippen molar-refractivity contribution in [3.05, 3.63) is 23.0 Å². The molecule has 0 spiro atoms. The van der Waals surface area contributed by atoms with E-state index < -0.39 is 21.6 Å². The topological polar surface area (TPSA) is 99.4 Å². The van der Waals surface area contributed by atoms with E-state index in [1.54, 1.807) is 20.8 Å². The highest BCUT2D eigenvalue weighted by molar-refractivity contribution is 7.91. The maximum Gasteiger partial charge on any atom is 0.321 e. The SMILES string of the molecule is CCOC(=O)CS(=O)(=O)Cc1ncc(C)c(N)c1C. The maximum absolute atomic E-state index is 11.9. The van der Waals surface area contributed by atoms with Gasteiger partial charge in [-0.3, -0.25) is 9.78 Å². The standard InChI is InChI=1S/C12H18N2O4S/c1-4-18-11(15)7-19(16,17)6-10-9(3)12(13)8(2)5-14-10/h5H,4,6-7H2,1-3H3,(H2,13,14). The van der Waals surface area contributed by atoms with Crippen LogP contribution in [0, 0.1) is 13.8 Å². The fourth-order valence-corrected chi connectivity index (χ4v) is 2.83. The summed E-state index contributed by atoms with van der Waals surface area (Å²) in [6, 6.07) is 0. The van der Waals surface area contributed by atoms with Crippen LogP contribution in [0.25, 0.3) is 0 Å². The molecule has 1 rings (SSSR count). The molecule has 0 unspecified atom stereocenters. The van der Waals surface area contributed by atoms with Gasteiger partial charge in [-0.05, 0) is 31.9 Å². The molecule has 1 aromatic heterocycles. The number of aromatic nitrogens is 1. The average molecular weight is 286 g/mol. The Morgan fingerprint density at radius 2 is 2.05 bits per heavy atom. The normalized spacial score (nSPS) is 11.3. The van der Waals surface area contributed by atoms with Gasteiger partial charge in [0.25, 0.3) is 0 Å². The molecule has 1 heterocycles. The van der Waals surface area contributed by atoms with E-state index in [0.29, 0.717) is 16.9 Å². The second-order valence-electron chi connectivity index (χ2n) is 4.26. The van der Waals surface area contributed by atoms with Crippen molar-refractivity contribution in [2.45, 2.75) is 26.5 Å². The number of nitrogens with zero attached hydrogens (tertiary/aromatic N) is 1. The van der Waals surface area contributed by atoms with Crippen LogP contribution in [0.1, 0.15) is 23.7 Å². The molecular weight excluding hydrogens is 268 g/mol. The van der Waals surface area contributed by atoms with Crippen LogP contribution in [0.2, 0.25) is 0 Å². The van der Waals surface area contributed by atoms with E-state index in [0.717, 1.165) is 5.56 Å². The van der Waals surface area contributed by atoms with E-state index in [1.165, 1.54) is 6.20 Å². The molecule has 6 nitrogen and oxygen atoms in total. The molecule has 0 aliphatic rings. The first-order valence-corrected chi connectivity index (χ1v) is 7.65. The number of hydrogen-bond acceptors (Lipinski definition) is 6. The number of aryl methyl sites for hydroxylation is 1. The average Bonchev–Trinajstić information content (AvgIpc) is 2.29. The third-order valence-corrected chi connectivity index (χ3v) is 4.06. The van der Waals surface area contributed by atoms with Crippen molar-refractivity contribution in [1.82, 2.24) is 4.98 Å². The van der Waals surface area contributed by atoms with Gasteiger partial charge in [0.1, 0.15) is 5.75 Å². The van der Waals surface area contributed by atoms with Crippen LogP contribution in [-0.4, -0.2) is 31.7 Å². The van der Waals surface area contributed by atoms with Crippen LogP contribution < -0.4 is 5.73 Å². The van der Waals surface area contributed by atoms with Crippen LogP contribution in [0.15, 0.2) is 6.20 Å². The largest absolute Gasteiger partial charge is 0.465 e. The van der Waals surface area contributed by atoms with Crippen molar-refractivity contribution < 1.29 is 17.9 Å². The van der Waals surface area contributed by atoms with Gasteiger partial charge >= 0.3 is 5.97 Å². The summed E-state index contributed by atoms with van der Waals surface area (Å²) in [6.45, 7) is 5.29. The zero-order valence-electron chi connectivity index (χ0n) is 11.3. The summed E-state index contributed by atoms with van der Waals surface area (Å²) in [5.74, 6) is -1.71. The van der Waals surface area contributed by atoms with Gasteiger partial charge in [-0.25, -0.2) is 8.42 Å². The van der Waals surface area contributed by atoms with Crippen LogP contribution in [0.5, 0.6) is 0 Å². The highest BCUT2D eigenvalue weighted by atomic mass is 32.2. The van der Waals surface area contributed by atoms with E-state index in [4.69, 9.17) is 5.73 Å². The van der Waals surface area contributed by atoms with Crippen LogP contribution in [0.3, 0.4) is 0 Å². The molecule has 0 amide bonds. The molecule has 0 aromatic carbocycles. The number of carbonyl (C=O) groups is 1. The number of rotatable bonds is 5. The Balaban J connectivity index is 2.90. The van der Waals surface area contributed by atoms with E-state index in [-0.39, 0.29) is 12.4 Å². The van der Waals surface area contributed by atoms with E-state index in [2.05, 4.69) is 9.72 Å². The Hall–Kier alpha value is -1.63. The van der Waals surface area contributed by atoms with E-state index in [9.17, 15) is 13.2 Å². The molecule has 0 aliphatic carbocycles. The predicted molar refractivity (Wildman–Crippen MR) is 72.2 cm³/mol. The highest BCUT2D eigenvalue weighted by Gasteiger charge is 2.20. The predicted octanol–water partition coefficient (Wildman–Crippen LogP) is 0.759.